The van der Waals surface area contributed by atoms with Gasteiger partial charge in [0.1, 0.15) is 13.2 Å². The van der Waals surface area contributed by atoms with Crippen LogP contribution in [0.15, 0.2) is 0 Å². The van der Waals surface area contributed by atoms with Crippen molar-refractivity contribution in [2.45, 2.75) is 25.7 Å². The lowest BCUT2D eigenvalue weighted by Crippen LogP contribution is -2.20. The molecule has 1 saturated carbocycles. The Bertz CT molecular complexity index is 225. The molecule has 0 aliphatic heterocycles. The average Bonchev–Trinajstić information content (AvgIpc) is 2.25. The molecule has 16 heavy (non-hydrogen) atoms. The van der Waals surface area contributed by atoms with Gasteiger partial charge in [0.25, 0.3) is 0 Å². The van der Waals surface area contributed by atoms with Crippen LogP contribution >= 0.6 is 16.5 Å². The third-order valence-corrected chi connectivity index (χ3v) is 3.55. The Morgan fingerprint density at radius 3 is 1.44 bits per heavy atom. The van der Waals surface area contributed by atoms with Gasteiger partial charge in [0.05, 0.1) is 0 Å². The van der Waals surface area contributed by atoms with E-state index >= 15 is 0 Å². The Hall–Kier alpha value is 0.0400. The molecule has 0 radical (unpaired) electrons. The zero-order valence-corrected chi connectivity index (χ0v) is 10.6. The topological polar surface area (TPSA) is 93.1 Å². The molecule has 92 valence electrons. The standard InChI is InChI=1S/C8H14O6P2/c9-15(10)13-5-7-1-2-8(4-3-7)6-14-16(11)12/h7-8H,1-6H2/p+2. The first kappa shape index (κ1) is 14.1. The summed E-state index contributed by atoms with van der Waals surface area (Å²) in [5.41, 5.74) is 0. The number of hydrogen-bond donors (Lipinski definition) is 2. The Balaban J connectivity index is 2.13. The zero-order chi connectivity index (χ0) is 12.0. The van der Waals surface area contributed by atoms with Crippen LogP contribution < -0.4 is 0 Å². The molecule has 0 saturated heterocycles. The highest BCUT2D eigenvalue weighted by Gasteiger charge is 2.26. The molecule has 2 unspecified atom stereocenters. The van der Waals surface area contributed by atoms with Gasteiger partial charge in [-0.1, -0.05) is 0 Å². The first-order valence-electron chi connectivity index (χ1n) is 5.16. The van der Waals surface area contributed by atoms with Crippen molar-refractivity contribution in [3.8, 4) is 0 Å². The highest BCUT2D eigenvalue weighted by molar-refractivity contribution is 7.32. The van der Waals surface area contributed by atoms with Crippen LogP contribution in [0.25, 0.3) is 0 Å². The predicted octanol–water partition coefficient (Wildman–Crippen LogP) is 2.13. The minimum Gasteiger partial charge on any atom is -0.133 e. The normalized spacial score (nSPS) is 27.6. The van der Waals surface area contributed by atoms with Gasteiger partial charge in [0.2, 0.25) is 0 Å². The van der Waals surface area contributed by atoms with Crippen LogP contribution in [-0.2, 0) is 18.2 Å². The summed E-state index contributed by atoms with van der Waals surface area (Å²) in [5, 5.41) is 0. The van der Waals surface area contributed by atoms with E-state index in [1.54, 1.807) is 0 Å². The van der Waals surface area contributed by atoms with E-state index in [9.17, 15) is 9.13 Å². The summed E-state index contributed by atoms with van der Waals surface area (Å²) in [6.07, 6.45) is 3.61. The van der Waals surface area contributed by atoms with Crippen LogP contribution in [0.4, 0.5) is 0 Å². The molecule has 0 amide bonds. The van der Waals surface area contributed by atoms with Crippen LogP contribution in [0.2, 0.25) is 0 Å². The van der Waals surface area contributed by atoms with E-state index in [0.29, 0.717) is 25.0 Å². The maximum Gasteiger partial charge on any atom is 0.694 e. The van der Waals surface area contributed by atoms with E-state index in [2.05, 4.69) is 9.05 Å². The summed E-state index contributed by atoms with van der Waals surface area (Å²) >= 11 is 0. The smallest absolute Gasteiger partial charge is 0.133 e. The Morgan fingerprint density at radius 2 is 1.19 bits per heavy atom. The third-order valence-electron chi connectivity index (χ3n) is 2.81. The SMILES string of the molecule is O=[P+](O)OCC1CCC(CO[P+](=O)O)CC1. The lowest BCUT2D eigenvalue weighted by Gasteiger charge is -2.25. The van der Waals surface area contributed by atoms with Gasteiger partial charge in [0.15, 0.2) is 0 Å². The number of hydrogen-bond acceptors (Lipinski definition) is 4. The van der Waals surface area contributed by atoms with Gasteiger partial charge in [-0.25, -0.2) is 0 Å². The van der Waals surface area contributed by atoms with Crippen molar-refractivity contribution >= 4 is 16.5 Å². The second-order valence-corrected chi connectivity index (χ2v) is 5.42. The first-order valence-corrected chi connectivity index (χ1v) is 7.42. The molecule has 1 aliphatic carbocycles. The molecule has 1 aliphatic rings. The van der Waals surface area contributed by atoms with Crippen molar-refractivity contribution in [3.05, 3.63) is 0 Å². The highest BCUT2D eigenvalue weighted by atomic mass is 31.1. The van der Waals surface area contributed by atoms with Crippen LogP contribution in [0.3, 0.4) is 0 Å². The van der Waals surface area contributed by atoms with E-state index in [-0.39, 0.29) is 0 Å². The molecule has 2 atom stereocenters. The van der Waals surface area contributed by atoms with E-state index in [1.165, 1.54) is 0 Å². The maximum atomic E-state index is 10.3. The molecule has 0 aromatic carbocycles. The molecule has 6 nitrogen and oxygen atoms in total. The largest absolute Gasteiger partial charge is 0.694 e. The Morgan fingerprint density at radius 1 is 0.875 bits per heavy atom. The lowest BCUT2D eigenvalue weighted by molar-refractivity contribution is 0.142. The average molecular weight is 270 g/mol. The van der Waals surface area contributed by atoms with Crippen molar-refractivity contribution in [1.82, 2.24) is 0 Å². The van der Waals surface area contributed by atoms with Gasteiger partial charge in [-0.15, -0.1) is 18.8 Å². The molecular weight excluding hydrogens is 254 g/mol. The van der Waals surface area contributed by atoms with Gasteiger partial charge in [-0.2, -0.15) is 0 Å². The van der Waals surface area contributed by atoms with Crippen LogP contribution in [0.5, 0.6) is 0 Å². The minimum atomic E-state index is -2.50. The van der Waals surface area contributed by atoms with Crippen molar-refractivity contribution in [2.75, 3.05) is 13.2 Å². The molecule has 0 heterocycles. The molecule has 2 N–H and O–H groups in total. The molecular formula is C8H16O6P2+2. The summed E-state index contributed by atoms with van der Waals surface area (Å²) in [7, 11) is -5.00. The fourth-order valence-corrected chi connectivity index (χ4v) is 2.58. The van der Waals surface area contributed by atoms with Gasteiger partial charge < -0.3 is 0 Å². The van der Waals surface area contributed by atoms with E-state index in [4.69, 9.17) is 9.79 Å². The summed E-state index contributed by atoms with van der Waals surface area (Å²) in [6.45, 7) is 0.626. The van der Waals surface area contributed by atoms with Gasteiger partial charge in [0, 0.05) is 9.13 Å². The molecule has 1 rings (SSSR count). The van der Waals surface area contributed by atoms with Crippen molar-refractivity contribution in [1.29, 1.82) is 0 Å². The highest BCUT2D eigenvalue weighted by Crippen LogP contribution is 2.32. The van der Waals surface area contributed by atoms with Crippen LogP contribution in [-0.4, -0.2) is 23.0 Å². The minimum absolute atomic E-state index is 0.310. The van der Waals surface area contributed by atoms with E-state index in [1.807, 2.05) is 0 Å². The van der Waals surface area contributed by atoms with Crippen molar-refractivity contribution in [2.24, 2.45) is 11.8 Å². The third kappa shape index (κ3) is 5.94. The summed E-state index contributed by atoms with van der Waals surface area (Å²) in [5.74, 6) is 0.621. The molecule has 0 bridgehead atoms. The summed E-state index contributed by atoms with van der Waals surface area (Å²) in [6, 6.07) is 0. The molecule has 8 heteroatoms. The van der Waals surface area contributed by atoms with Gasteiger partial charge in [-0.3, -0.25) is 0 Å². The second kappa shape index (κ2) is 7.38. The first-order chi connectivity index (χ1) is 7.58. The molecule has 0 spiro atoms. The Kier molecular flexibility index (Phi) is 6.51. The zero-order valence-electron chi connectivity index (χ0n) is 8.82. The maximum absolute atomic E-state index is 10.3. The second-order valence-electron chi connectivity index (χ2n) is 3.95. The lowest BCUT2D eigenvalue weighted by atomic mass is 9.83. The predicted molar refractivity (Wildman–Crippen MR) is 57.0 cm³/mol. The molecule has 0 aromatic rings. The quantitative estimate of drug-likeness (QED) is 0.718. The van der Waals surface area contributed by atoms with Gasteiger partial charge in [-0.05, 0) is 37.5 Å². The Labute approximate surface area is 95.9 Å². The van der Waals surface area contributed by atoms with Crippen LogP contribution in [0, 0.1) is 11.8 Å². The fraction of sp³-hybridized carbons (Fsp3) is 1.00. The molecule has 1 fully saturated rings. The van der Waals surface area contributed by atoms with Crippen molar-refractivity contribution in [3.63, 3.8) is 0 Å². The van der Waals surface area contributed by atoms with E-state index in [0.717, 1.165) is 25.7 Å². The monoisotopic (exact) mass is 270 g/mol. The van der Waals surface area contributed by atoms with Crippen LogP contribution in [0.1, 0.15) is 25.7 Å². The fourth-order valence-electron chi connectivity index (χ4n) is 1.90. The number of rotatable bonds is 6. The van der Waals surface area contributed by atoms with Gasteiger partial charge >= 0.3 is 16.5 Å². The summed E-state index contributed by atoms with van der Waals surface area (Å²) < 4.78 is 30.0. The van der Waals surface area contributed by atoms with Crippen molar-refractivity contribution < 1.29 is 28.0 Å². The van der Waals surface area contributed by atoms with E-state index < -0.39 is 16.5 Å². The summed E-state index contributed by atoms with van der Waals surface area (Å²) in [4.78, 5) is 17.0. The molecule has 0 aromatic heterocycles.